The second-order valence-electron chi connectivity index (χ2n) is 4.59. The van der Waals surface area contributed by atoms with Gasteiger partial charge in [0.2, 0.25) is 0 Å². The minimum atomic E-state index is 0.304. The lowest BCUT2D eigenvalue weighted by molar-refractivity contribution is 0.283. The molecule has 0 saturated heterocycles. The van der Waals surface area contributed by atoms with Crippen LogP contribution >= 0.6 is 0 Å². The molecule has 0 aliphatic carbocycles. The van der Waals surface area contributed by atoms with E-state index in [-0.39, 0.29) is 0 Å². The molecule has 1 aromatic rings. The molecular weight excluding hydrogens is 212 g/mol. The van der Waals surface area contributed by atoms with Gasteiger partial charge in [0.15, 0.2) is 0 Å². The first-order chi connectivity index (χ1) is 8.16. The highest BCUT2D eigenvalue weighted by atomic mass is 16.2. The summed E-state index contributed by atoms with van der Waals surface area (Å²) in [5, 5.41) is 8.75. The van der Waals surface area contributed by atoms with Crippen molar-refractivity contribution in [2.45, 2.75) is 19.3 Å². The number of rotatable bonds is 7. The van der Waals surface area contributed by atoms with Gasteiger partial charge in [-0.05, 0) is 31.4 Å². The number of unbranched alkanes of at least 4 members (excludes halogenated alkanes) is 2. The zero-order valence-electron chi connectivity index (χ0n) is 11.2. The fourth-order valence-electron chi connectivity index (χ4n) is 1.92. The lowest BCUT2D eigenvalue weighted by Gasteiger charge is -2.25. The van der Waals surface area contributed by atoms with Gasteiger partial charge in [0.1, 0.15) is 0 Å². The molecule has 0 unspecified atom stereocenters. The molecule has 0 aliphatic heterocycles. The molecule has 3 heteroatoms. The Balaban J connectivity index is 2.58. The van der Waals surface area contributed by atoms with Crippen LogP contribution < -0.4 is 9.80 Å². The van der Waals surface area contributed by atoms with Gasteiger partial charge in [-0.1, -0.05) is 12.1 Å². The second kappa shape index (κ2) is 7.17. The number of aliphatic hydroxyl groups is 1. The lowest BCUT2D eigenvalue weighted by Crippen LogP contribution is -2.22. The molecule has 1 aromatic carbocycles. The van der Waals surface area contributed by atoms with Gasteiger partial charge in [0.05, 0.1) is 11.4 Å². The van der Waals surface area contributed by atoms with Gasteiger partial charge in [-0.2, -0.15) is 0 Å². The van der Waals surface area contributed by atoms with Crippen molar-refractivity contribution in [1.82, 2.24) is 0 Å². The normalized spacial score (nSPS) is 10.4. The van der Waals surface area contributed by atoms with Crippen molar-refractivity contribution >= 4 is 11.4 Å². The molecule has 0 atom stereocenters. The smallest absolute Gasteiger partial charge is 0.0601 e. The van der Waals surface area contributed by atoms with Crippen molar-refractivity contribution in [2.75, 3.05) is 44.1 Å². The molecule has 0 spiro atoms. The van der Waals surface area contributed by atoms with Crippen LogP contribution in [0.15, 0.2) is 24.3 Å². The molecule has 96 valence electrons. The van der Waals surface area contributed by atoms with E-state index in [4.69, 9.17) is 5.11 Å². The van der Waals surface area contributed by atoms with Crippen LogP contribution in [0.3, 0.4) is 0 Å². The molecule has 0 amide bonds. The molecule has 3 nitrogen and oxygen atoms in total. The van der Waals surface area contributed by atoms with E-state index in [1.807, 2.05) is 0 Å². The monoisotopic (exact) mass is 236 g/mol. The van der Waals surface area contributed by atoms with Crippen LogP contribution in [-0.4, -0.2) is 39.4 Å². The molecule has 0 bridgehead atoms. The molecule has 0 fully saturated rings. The third-order valence-corrected chi connectivity index (χ3v) is 2.93. The van der Waals surface area contributed by atoms with Gasteiger partial charge in [-0.15, -0.1) is 0 Å². The third kappa shape index (κ3) is 4.27. The van der Waals surface area contributed by atoms with Crippen LogP contribution in [0, 0.1) is 0 Å². The number of benzene rings is 1. The topological polar surface area (TPSA) is 26.7 Å². The summed E-state index contributed by atoms with van der Waals surface area (Å²) in [5.74, 6) is 0. The summed E-state index contributed by atoms with van der Waals surface area (Å²) in [6.45, 7) is 1.34. The van der Waals surface area contributed by atoms with Crippen LogP contribution in [0.1, 0.15) is 19.3 Å². The highest BCUT2D eigenvalue weighted by molar-refractivity contribution is 5.70. The van der Waals surface area contributed by atoms with Crippen LogP contribution in [-0.2, 0) is 0 Å². The Morgan fingerprint density at radius 2 is 1.59 bits per heavy atom. The minimum absolute atomic E-state index is 0.304. The molecular formula is C14H24N2O. The first kappa shape index (κ1) is 13.8. The lowest BCUT2D eigenvalue weighted by atomic mass is 10.2. The van der Waals surface area contributed by atoms with E-state index < -0.39 is 0 Å². The molecule has 0 radical (unpaired) electrons. The standard InChI is InChI=1S/C14H24N2O/c1-15(2)13-9-5-6-10-14(13)16(3)11-7-4-8-12-17/h5-6,9-10,17H,4,7-8,11-12H2,1-3H3. The van der Waals surface area contributed by atoms with E-state index in [1.54, 1.807) is 0 Å². The van der Waals surface area contributed by atoms with Gasteiger partial charge in [-0.3, -0.25) is 0 Å². The first-order valence-corrected chi connectivity index (χ1v) is 6.25. The summed E-state index contributed by atoms with van der Waals surface area (Å²) in [6, 6.07) is 8.44. The first-order valence-electron chi connectivity index (χ1n) is 6.25. The van der Waals surface area contributed by atoms with Crippen molar-refractivity contribution in [3.63, 3.8) is 0 Å². The van der Waals surface area contributed by atoms with Crippen molar-refractivity contribution in [2.24, 2.45) is 0 Å². The fraction of sp³-hybridized carbons (Fsp3) is 0.571. The molecule has 0 heterocycles. The van der Waals surface area contributed by atoms with Gasteiger partial charge in [0, 0.05) is 34.3 Å². The fourth-order valence-corrected chi connectivity index (χ4v) is 1.92. The Morgan fingerprint density at radius 1 is 0.941 bits per heavy atom. The summed E-state index contributed by atoms with van der Waals surface area (Å²) >= 11 is 0. The third-order valence-electron chi connectivity index (χ3n) is 2.93. The van der Waals surface area contributed by atoms with Gasteiger partial charge < -0.3 is 14.9 Å². The summed E-state index contributed by atoms with van der Waals surface area (Å²) in [7, 11) is 6.26. The maximum atomic E-state index is 8.75. The van der Waals surface area contributed by atoms with Crippen LogP contribution in [0.5, 0.6) is 0 Å². The predicted octanol–water partition coefficient (Wildman–Crippen LogP) is 2.35. The van der Waals surface area contributed by atoms with Crippen LogP contribution in [0.4, 0.5) is 11.4 Å². The van der Waals surface area contributed by atoms with Gasteiger partial charge >= 0.3 is 0 Å². The maximum Gasteiger partial charge on any atom is 0.0601 e. The molecule has 17 heavy (non-hydrogen) atoms. The van der Waals surface area contributed by atoms with Crippen molar-refractivity contribution in [3.05, 3.63) is 24.3 Å². The van der Waals surface area contributed by atoms with E-state index in [1.165, 1.54) is 11.4 Å². The number of anilines is 2. The Hall–Kier alpha value is -1.22. The average Bonchev–Trinajstić information content (AvgIpc) is 2.34. The Kier molecular flexibility index (Phi) is 5.84. The largest absolute Gasteiger partial charge is 0.396 e. The number of hydrogen-bond acceptors (Lipinski definition) is 3. The van der Waals surface area contributed by atoms with E-state index in [2.05, 4.69) is 55.2 Å². The zero-order chi connectivity index (χ0) is 12.7. The molecule has 0 aromatic heterocycles. The SMILES string of the molecule is CN(C)c1ccccc1N(C)CCCCCO. The van der Waals surface area contributed by atoms with E-state index in [0.717, 1.165) is 25.8 Å². The minimum Gasteiger partial charge on any atom is -0.396 e. The van der Waals surface area contributed by atoms with Crippen LogP contribution in [0.2, 0.25) is 0 Å². The van der Waals surface area contributed by atoms with Crippen molar-refractivity contribution in [3.8, 4) is 0 Å². The quantitative estimate of drug-likeness (QED) is 0.736. The predicted molar refractivity (Wildman–Crippen MR) is 75.0 cm³/mol. The number of aliphatic hydroxyl groups excluding tert-OH is 1. The Morgan fingerprint density at radius 3 is 2.18 bits per heavy atom. The van der Waals surface area contributed by atoms with Crippen molar-refractivity contribution in [1.29, 1.82) is 0 Å². The van der Waals surface area contributed by atoms with E-state index in [0.29, 0.717) is 6.61 Å². The molecule has 1 rings (SSSR count). The van der Waals surface area contributed by atoms with E-state index in [9.17, 15) is 0 Å². The van der Waals surface area contributed by atoms with Gasteiger partial charge in [-0.25, -0.2) is 0 Å². The molecule has 0 saturated carbocycles. The highest BCUT2D eigenvalue weighted by Crippen LogP contribution is 2.26. The zero-order valence-corrected chi connectivity index (χ0v) is 11.2. The highest BCUT2D eigenvalue weighted by Gasteiger charge is 2.07. The number of hydrogen-bond donors (Lipinski definition) is 1. The number of para-hydroxylation sites is 2. The van der Waals surface area contributed by atoms with Crippen molar-refractivity contribution < 1.29 is 5.11 Å². The Bertz CT molecular complexity index is 326. The second-order valence-corrected chi connectivity index (χ2v) is 4.59. The number of nitrogens with zero attached hydrogens (tertiary/aromatic N) is 2. The average molecular weight is 236 g/mol. The summed E-state index contributed by atoms with van der Waals surface area (Å²) in [6.07, 6.45) is 3.12. The van der Waals surface area contributed by atoms with E-state index >= 15 is 0 Å². The maximum absolute atomic E-state index is 8.75. The summed E-state index contributed by atoms with van der Waals surface area (Å²) < 4.78 is 0. The van der Waals surface area contributed by atoms with Gasteiger partial charge in [0.25, 0.3) is 0 Å². The Labute approximate surface area is 105 Å². The summed E-state index contributed by atoms with van der Waals surface area (Å²) in [4.78, 5) is 4.42. The molecule has 1 N–H and O–H groups in total. The van der Waals surface area contributed by atoms with Crippen LogP contribution in [0.25, 0.3) is 0 Å². The molecule has 0 aliphatic rings. The summed E-state index contributed by atoms with van der Waals surface area (Å²) in [5.41, 5.74) is 2.51.